The smallest absolute Gasteiger partial charge is 0.278 e. The molecule has 0 aliphatic heterocycles. The number of rotatable bonds is 3. The molecule has 0 saturated carbocycles. The molecule has 4 heteroatoms. The van der Waals surface area contributed by atoms with Crippen molar-refractivity contribution in [3.63, 3.8) is 0 Å². The highest BCUT2D eigenvalue weighted by atomic mass is 16.5. The minimum absolute atomic E-state index is 0.393. The minimum Gasteiger partial charge on any atom is -0.477 e. The molecule has 0 spiro atoms. The molecule has 0 N–H and O–H groups in total. The highest BCUT2D eigenvalue weighted by Crippen LogP contribution is 2.27. The van der Waals surface area contributed by atoms with Crippen LogP contribution in [-0.2, 0) is 0 Å². The van der Waals surface area contributed by atoms with E-state index in [1.165, 1.54) is 0 Å². The SMILES string of the molecule is COc1ncc(-c2ccccc2C)nc1OC. The summed E-state index contributed by atoms with van der Waals surface area (Å²) in [7, 11) is 3.09. The summed E-state index contributed by atoms with van der Waals surface area (Å²) in [6, 6.07) is 8.01. The summed E-state index contributed by atoms with van der Waals surface area (Å²) in [5, 5.41) is 0. The van der Waals surface area contributed by atoms with E-state index in [2.05, 4.69) is 9.97 Å². The first-order valence-electron chi connectivity index (χ1n) is 5.27. The van der Waals surface area contributed by atoms with Crippen LogP contribution in [0.15, 0.2) is 30.5 Å². The second kappa shape index (κ2) is 4.82. The fourth-order valence-corrected chi connectivity index (χ4v) is 1.62. The van der Waals surface area contributed by atoms with Gasteiger partial charge in [-0.2, -0.15) is 0 Å². The van der Waals surface area contributed by atoms with Gasteiger partial charge in [-0.25, -0.2) is 9.97 Å². The Kier molecular flexibility index (Phi) is 3.23. The van der Waals surface area contributed by atoms with Crippen LogP contribution in [-0.4, -0.2) is 24.2 Å². The molecule has 1 aromatic heterocycles. The van der Waals surface area contributed by atoms with Crippen LogP contribution < -0.4 is 9.47 Å². The quantitative estimate of drug-likeness (QED) is 0.812. The number of ether oxygens (including phenoxy) is 2. The van der Waals surface area contributed by atoms with Gasteiger partial charge in [-0.1, -0.05) is 24.3 Å². The van der Waals surface area contributed by atoms with Gasteiger partial charge in [0.25, 0.3) is 11.8 Å². The molecule has 0 fully saturated rings. The van der Waals surface area contributed by atoms with Crippen LogP contribution in [0.2, 0.25) is 0 Å². The Balaban J connectivity index is 2.50. The minimum atomic E-state index is 0.393. The van der Waals surface area contributed by atoms with Gasteiger partial charge in [-0.15, -0.1) is 0 Å². The molecule has 0 atom stereocenters. The zero-order valence-electron chi connectivity index (χ0n) is 10.1. The fraction of sp³-hybridized carbons (Fsp3) is 0.231. The number of methoxy groups -OCH3 is 2. The van der Waals surface area contributed by atoms with E-state index in [-0.39, 0.29) is 0 Å². The summed E-state index contributed by atoms with van der Waals surface area (Å²) in [5.74, 6) is 0.790. The highest BCUT2D eigenvalue weighted by Gasteiger charge is 2.10. The number of nitrogens with zero attached hydrogens (tertiary/aromatic N) is 2. The molecule has 4 nitrogen and oxygen atoms in total. The molecule has 0 aliphatic rings. The Morgan fingerprint density at radius 1 is 1.00 bits per heavy atom. The lowest BCUT2D eigenvalue weighted by Crippen LogP contribution is -1.98. The molecular formula is C13H14N2O2. The first kappa shape index (κ1) is 11.4. The van der Waals surface area contributed by atoms with Crippen molar-refractivity contribution in [3.8, 4) is 23.0 Å². The van der Waals surface area contributed by atoms with Crippen molar-refractivity contribution in [2.24, 2.45) is 0 Å². The van der Waals surface area contributed by atoms with Crippen LogP contribution in [0.1, 0.15) is 5.56 Å². The van der Waals surface area contributed by atoms with Gasteiger partial charge in [0.2, 0.25) is 0 Å². The van der Waals surface area contributed by atoms with Gasteiger partial charge < -0.3 is 9.47 Å². The second-order valence-electron chi connectivity index (χ2n) is 3.59. The molecular weight excluding hydrogens is 216 g/mol. The summed E-state index contributed by atoms with van der Waals surface area (Å²) < 4.78 is 10.2. The van der Waals surface area contributed by atoms with Crippen LogP contribution in [0, 0.1) is 6.92 Å². The van der Waals surface area contributed by atoms with Crippen LogP contribution in [0.4, 0.5) is 0 Å². The molecule has 1 aromatic carbocycles. The Morgan fingerprint density at radius 3 is 2.35 bits per heavy atom. The van der Waals surface area contributed by atoms with Gasteiger partial charge in [-0.05, 0) is 12.5 Å². The molecule has 1 heterocycles. The molecule has 88 valence electrons. The molecule has 0 bridgehead atoms. The van der Waals surface area contributed by atoms with E-state index in [9.17, 15) is 0 Å². The van der Waals surface area contributed by atoms with Gasteiger partial charge in [0.15, 0.2) is 0 Å². The van der Waals surface area contributed by atoms with Gasteiger partial charge in [0, 0.05) is 5.56 Å². The summed E-state index contributed by atoms with van der Waals surface area (Å²) >= 11 is 0. The number of aromatic nitrogens is 2. The number of hydrogen-bond acceptors (Lipinski definition) is 4. The number of hydrogen-bond donors (Lipinski definition) is 0. The standard InChI is InChI=1S/C13H14N2O2/c1-9-6-4-5-7-10(9)11-8-14-12(16-2)13(15-11)17-3/h4-8H,1-3H3. The zero-order chi connectivity index (χ0) is 12.3. The molecule has 2 aromatic rings. The average Bonchev–Trinajstić information content (AvgIpc) is 2.38. The van der Waals surface area contributed by atoms with Gasteiger partial charge >= 0.3 is 0 Å². The lowest BCUT2D eigenvalue weighted by atomic mass is 10.1. The monoisotopic (exact) mass is 230 g/mol. The maximum Gasteiger partial charge on any atom is 0.278 e. The lowest BCUT2D eigenvalue weighted by molar-refractivity contribution is 0.332. The van der Waals surface area contributed by atoms with Gasteiger partial charge in [0.1, 0.15) is 0 Å². The third kappa shape index (κ3) is 2.20. The average molecular weight is 230 g/mol. The van der Waals surface area contributed by atoms with E-state index in [4.69, 9.17) is 9.47 Å². The topological polar surface area (TPSA) is 44.2 Å². The van der Waals surface area contributed by atoms with Crippen molar-refractivity contribution in [1.29, 1.82) is 0 Å². The van der Waals surface area contributed by atoms with Crippen molar-refractivity contribution >= 4 is 0 Å². The van der Waals surface area contributed by atoms with E-state index in [0.717, 1.165) is 16.8 Å². The Labute approximate surface area is 100 Å². The fourth-order valence-electron chi connectivity index (χ4n) is 1.62. The van der Waals surface area contributed by atoms with Crippen LogP contribution in [0.25, 0.3) is 11.3 Å². The number of aryl methyl sites for hydroxylation is 1. The molecule has 0 unspecified atom stereocenters. The van der Waals surface area contributed by atoms with Gasteiger partial charge in [0.05, 0.1) is 26.1 Å². The van der Waals surface area contributed by atoms with Crippen LogP contribution >= 0.6 is 0 Å². The summed E-state index contributed by atoms with van der Waals surface area (Å²) in [6.07, 6.45) is 1.68. The third-order valence-corrected chi connectivity index (χ3v) is 2.52. The van der Waals surface area contributed by atoms with Crippen molar-refractivity contribution in [3.05, 3.63) is 36.0 Å². The largest absolute Gasteiger partial charge is 0.477 e. The van der Waals surface area contributed by atoms with E-state index < -0.39 is 0 Å². The highest BCUT2D eigenvalue weighted by molar-refractivity contribution is 5.63. The summed E-state index contributed by atoms with van der Waals surface area (Å²) in [5.41, 5.74) is 2.97. The summed E-state index contributed by atoms with van der Waals surface area (Å²) in [4.78, 5) is 8.56. The van der Waals surface area contributed by atoms with Crippen LogP contribution in [0.3, 0.4) is 0 Å². The molecule has 2 rings (SSSR count). The lowest BCUT2D eigenvalue weighted by Gasteiger charge is -2.08. The van der Waals surface area contributed by atoms with E-state index in [1.807, 2.05) is 31.2 Å². The molecule has 0 aliphatic carbocycles. The third-order valence-electron chi connectivity index (χ3n) is 2.52. The van der Waals surface area contributed by atoms with Crippen molar-refractivity contribution in [2.75, 3.05) is 14.2 Å². The Morgan fingerprint density at radius 2 is 1.71 bits per heavy atom. The van der Waals surface area contributed by atoms with Crippen LogP contribution in [0.5, 0.6) is 11.8 Å². The molecule has 0 radical (unpaired) electrons. The Hall–Kier alpha value is -2.10. The second-order valence-corrected chi connectivity index (χ2v) is 3.59. The normalized spacial score (nSPS) is 10.1. The zero-order valence-corrected chi connectivity index (χ0v) is 10.1. The van der Waals surface area contributed by atoms with Crippen molar-refractivity contribution in [2.45, 2.75) is 6.92 Å². The predicted octanol–water partition coefficient (Wildman–Crippen LogP) is 2.47. The van der Waals surface area contributed by atoms with Crippen molar-refractivity contribution < 1.29 is 9.47 Å². The maximum absolute atomic E-state index is 5.14. The van der Waals surface area contributed by atoms with E-state index >= 15 is 0 Å². The van der Waals surface area contributed by atoms with E-state index in [1.54, 1.807) is 20.4 Å². The first-order chi connectivity index (χ1) is 8.26. The van der Waals surface area contributed by atoms with Gasteiger partial charge in [-0.3, -0.25) is 0 Å². The Bertz CT molecular complexity index is 527. The predicted molar refractivity (Wildman–Crippen MR) is 65.3 cm³/mol. The maximum atomic E-state index is 5.14. The van der Waals surface area contributed by atoms with Crippen molar-refractivity contribution in [1.82, 2.24) is 9.97 Å². The first-order valence-corrected chi connectivity index (χ1v) is 5.27. The number of benzene rings is 1. The summed E-state index contributed by atoms with van der Waals surface area (Å²) in [6.45, 7) is 2.04. The molecule has 0 saturated heterocycles. The van der Waals surface area contributed by atoms with E-state index in [0.29, 0.717) is 11.8 Å². The molecule has 0 amide bonds. The molecule has 17 heavy (non-hydrogen) atoms.